The topological polar surface area (TPSA) is 58.9 Å². The van der Waals surface area contributed by atoms with Crippen LogP contribution in [0.5, 0.6) is 0 Å². The van der Waals surface area contributed by atoms with Crippen LogP contribution in [0.15, 0.2) is 16.8 Å². The summed E-state index contributed by atoms with van der Waals surface area (Å²) in [6.45, 7) is 8.25. The zero-order valence-corrected chi connectivity index (χ0v) is 10.9. The van der Waals surface area contributed by atoms with Crippen molar-refractivity contribution in [2.45, 2.75) is 34.1 Å². The molecule has 0 fully saturated rings. The minimum Gasteiger partial charge on any atom is -0.466 e. The Bertz CT molecular complexity index is 345. The molecule has 0 aromatic rings. The summed E-state index contributed by atoms with van der Waals surface area (Å²) in [7, 11) is 0. The number of carbonyl (C=O) groups is 1. The average molecular weight is 239 g/mol. The molecule has 4 nitrogen and oxygen atoms in total. The third kappa shape index (κ3) is 3.08. The maximum Gasteiger partial charge on any atom is 0.313 e. The highest BCUT2D eigenvalue weighted by Crippen LogP contribution is 2.35. The number of hydrogen-bond acceptors (Lipinski definition) is 4. The number of oxime groups is 1. The molecule has 17 heavy (non-hydrogen) atoms. The maximum absolute atomic E-state index is 12.0. The number of rotatable bonds is 3. The van der Waals surface area contributed by atoms with E-state index in [1.165, 1.54) is 0 Å². The summed E-state index contributed by atoms with van der Waals surface area (Å²) in [6.07, 6.45) is 2.40. The molecule has 4 heteroatoms. The van der Waals surface area contributed by atoms with Crippen LogP contribution in [0.1, 0.15) is 34.1 Å². The molecule has 2 atom stereocenters. The van der Waals surface area contributed by atoms with Crippen molar-refractivity contribution < 1.29 is 14.7 Å². The van der Waals surface area contributed by atoms with Gasteiger partial charge in [0.05, 0.1) is 18.2 Å². The first kappa shape index (κ1) is 13.7. The van der Waals surface area contributed by atoms with E-state index in [-0.39, 0.29) is 17.8 Å². The smallest absolute Gasteiger partial charge is 0.313 e. The summed E-state index contributed by atoms with van der Waals surface area (Å²) in [5.74, 6) is 0.104. The number of hydrogen-bond donors (Lipinski definition) is 1. The minimum absolute atomic E-state index is 0.143. The highest BCUT2D eigenvalue weighted by Gasteiger charge is 2.36. The van der Waals surface area contributed by atoms with Crippen molar-refractivity contribution in [2.75, 3.05) is 6.61 Å². The van der Waals surface area contributed by atoms with E-state index in [2.05, 4.69) is 19.0 Å². The van der Waals surface area contributed by atoms with Gasteiger partial charge in [0, 0.05) is 0 Å². The zero-order chi connectivity index (χ0) is 13.0. The second-order valence-corrected chi connectivity index (χ2v) is 4.82. The van der Waals surface area contributed by atoms with Gasteiger partial charge in [-0.05, 0) is 38.2 Å². The molecule has 0 aliphatic heterocycles. The first-order chi connectivity index (χ1) is 8.01. The van der Waals surface area contributed by atoms with E-state index in [1.807, 2.05) is 13.8 Å². The second-order valence-electron chi connectivity index (χ2n) is 4.82. The Labute approximate surface area is 102 Å². The lowest BCUT2D eigenvalue weighted by Crippen LogP contribution is -2.34. The van der Waals surface area contributed by atoms with Gasteiger partial charge in [-0.25, -0.2) is 0 Å². The van der Waals surface area contributed by atoms with Crippen LogP contribution in [0.2, 0.25) is 0 Å². The molecule has 1 aliphatic carbocycles. The van der Waals surface area contributed by atoms with E-state index in [9.17, 15) is 4.79 Å². The Hall–Kier alpha value is -1.32. The molecule has 0 unspecified atom stereocenters. The fourth-order valence-corrected chi connectivity index (χ4v) is 2.39. The summed E-state index contributed by atoms with van der Waals surface area (Å²) < 4.78 is 5.12. The Morgan fingerprint density at radius 1 is 1.65 bits per heavy atom. The van der Waals surface area contributed by atoms with E-state index in [4.69, 9.17) is 9.94 Å². The molecule has 1 aliphatic rings. The summed E-state index contributed by atoms with van der Waals surface area (Å²) in [5.41, 5.74) is 1.56. The molecule has 0 spiro atoms. The van der Waals surface area contributed by atoms with Crippen molar-refractivity contribution in [1.29, 1.82) is 0 Å². The third-order valence-electron chi connectivity index (χ3n) is 3.28. The first-order valence-corrected chi connectivity index (χ1v) is 6.07. The minimum atomic E-state index is -0.208. The van der Waals surface area contributed by atoms with Crippen LogP contribution in [0, 0.1) is 17.8 Å². The van der Waals surface area contributed by atoms with Gasteiger partial charge in [-0.15, -0.1) is 0 Å². The van der Waals surface area contributed by atoms with Gasteiger partial charge < -0.3 is 9.94 Å². The van der Waals surface area contributed by atoms with Crippen molar-refractivity contribution >= 4 is 11.7 Å². The summed E-state index contributed by atoms with van der Waals surface area (Å²) in [5, 5.41) is 12.1. The van der Waals surface area contributed by atoms with E-state index in [1.54, 1.807) is 6.08 Å². The molecule has 1 N–H and O–H groups in total. The molecule has 96 valence electrons. The zero-order valence-electron chi connectivity index (χ0n) is 10.9. The molecule has 0 saturated heterocycles. The lowest BCUT2D eigenvalue weighted by atomic mass is 9.73. The standard InChI is InChI=1S/C13H21NO3/c1-5-17-13(15)12-9(4)6-10(14-16)7-11(12)8(2)3/h6,8,11-12,16H,5,7H2,1-4H3/b14-10-/t11-,12+/m0/s1. The molecule has 0 saturated carbocycles. The normalized spacial score (nSPS) is 27.1. The van der Waals surface area contributed by atoms with Crippen LogP contribution < -0.4 is 0 Å². The van der Waals surface area contributed by atoms with E-state index < -0.39 is 0 Å². The SMILES string of the molecule is CCOC(=O)[C@@H]1C(C)=C/C(=N/O)C[C@H]1C(C)C. The van der Waals surface area contributed by atoms with Crippen molar-refractivity contribution in [1.82, 2.24) is 0 Å². The fourth-order valence-electron chi connectivity index (χ4n) is 2.39. The average Bonchev–Trinajstić information content (AvgIpc) is 2.27. The van der Waals surface area contributed by atoms with Gasteiger partial charge >= 0.3 is 5.97 Å². The van der Waals surface area contributed by atoms with Crippen molar-refractivity contribution in [3.05, 3.63) is 11.6 Å². The molecule has 0 aromatic carbocycles. The van der Waals surface area contributed by atoms with Gasteiger partial charge in [-0.2, -0.15) is 0 Å². The molecule has 0 radical (unpaired) electrons. The molecule has 0 bridgehead atoms. The number of carbonyl (C=O) groups excluding carboxylic acids is 1. The summed E-state index contributed by atoms with van der Waals surface area (Å²) in [4.78, 5) is 12.0. The van der Waals surface area contributed by atoms with E-state index in [0.29, 0.717) is 24.7 Å². The Kier molecular flexibility index (Phi) is 4.73. The maximum atomic E-state index is 12.0. The van der Waals surface area contributed by atoms with Crippen LogP contribution in [0.4, 0.5) is 0 Å². The van der Waals surface area contributed by atoms with Gasteiger partial charge in [-0.3, -0.25) is 4.79 Å². The number of nitrogens with zero attached hydrogens (tertiary/aromatic N) is 1. The van der Waals surface area contributed by atoms with Crippen LogP contribution in [-0.2, 0) is 9.53 Å². The Morgan fingerprint density at radius 3 is 2.76 bits per heavy atom. The number of allylic oxidation sites excluding steroid dienone is 1. The predicted molar refractivity (Wildman–Crippen MR) is 66.0 cm³/mol. The fraction of sp³-hybridized carbons (Fsp3) is 0.692. The lowest BCUT2D eigenvalue weighted by Gasteiger charge is -2.32. The number of esters is 1. The highest BCUT2D eigenvalue weighted by atomic mass is 16.5. The van der Waals surface area contributed by atoms with E-state index >= 15 is 0 Å². The number of ether oxygens (including phenoxy) is 1. The van der Waals surface area contributed by atoms with Gasteiger partial charge in [-0.1, -0.05) is 24.6 Å². The second kappa shape index (κ2) is 5.84. The lowest BCUT2D eigenvalue weighted by molar-refractivity contribution is -0.149. The van der Waals surface area contributed by atoms with Crippen molar-refractivity contribution in [2.24, 2.45) is 22.9 Å². The summed E-state index contributed by atoms with van der Waals surface area (Å²) in [6, 6.07) is 0. The van der Waals surface area contributed by atoms with Gasteiger partial charge in [0.15, 0.2) is 0 Å². The quantitative estimate of drug-likeness (QED) is 0.468. The van der Waals surface area contributed by atoms with Gasteiger partial charge in [0.25, 0.3) is 0 Å². The first-order valence-electron chi connectivity index (χ1n) is 6.07. The molecule has 0 aromatic heterocycles. The molecule has 0 amide bonds. The van der Waals surface area contributed by atoms with Crippen LogP contribution in [0.3, 0.4) is 0 Å². The predicted octanol–water partition coefficient (Wildman–Crippen LogP) is 2.62. The van der Waals surface area contributed by atoms with Crippen molar-refractivity contribution in [3.63, 3.8) is 0 Å². The van der Waals surface area contributed by atoms with Crippen LogP contribution in [-0.4, -0.2) is 23.5 Å². The third-order valence-corrected chi connectivity index (χ3v) is 3.28. The molecular formula is C13H21NO3. The molecule has 1 rings (SSSR count). The highest BCUT2D eigenvalue weighted by molar-refractivity contribution is 5.98. The van der Waals surface area contributed by atoms with Crippen molar-refractivity contribution in [3.8, 4) is 0 Å². The molecular weight excluding hydrogens is 218 g/mol. The summed E-state index contributed by atoms with van der Waals surface area (Å²) >= 11 is 0. The Morgan fingerprint density at radius 2 is 2.29 bits per heavy atom. The van der Waals surface area contributed by atoms with Crippen LogP contribution in [0.25, 0.3) is 0 Å². The molecule has 0 heterocycles. The van der Waals surface area contributed by atoms with Crippen LogP contribution >= 0.6 is 0 Å². The Balaban J connectivity index is 3.01. The largest absolute Gasteiger partial charge is 0.466 e. The van der Waals surface area contributed by atoms with Gasteiger partial charge in [0.2, 0.25) is 0 Å². The monoisotopic (exact) mass is 239 g/mol. The van der Waals surface area contributed by atoms with E-state index in [0.717, 1.165) is 5.57 Å². The van der Waals surface area contributed by atoms with Gasteiger partial charge in [0.1, 0.15) is 0 Å².